The van der Waals surface area contributed by atoms with Gasteiger partial charge in [0.15, 0.2) is 5.17 Å². The van der Waals surface area contributed by atoms with Crippen LogP contribution in [0.4, 0.5) is 0 Å². The number of hydrogen-bond acceptors (Lipinski definition) is 4. The van der Waals surface area contributed by atoms with Crippen molar-refractivity contribution in [2.24, 2.45) is 4.99 Å². The van der Waals surface area contributed by atoms with E-state index in [0.717, 1.165) is 17.5 Å². The van der Waals surface area contributed by atoms with E-state index in [0.29, 0.717) is 16.2 Å². The van der Waals surface area contributed by atoms with Crippen LogP contribution in [0.25, 0.3) is 6.08 Å². The molecule has 1 aliphatic heterocycles. The maximum Gasteiger partial charge on any atom is 0.279 e. The van der Waals surface area contributed by atoms with Gasteiger partial charge in [-0.25, -0.2) is 0 Å². The van der Waals surface area contributed by atoms with E-state index in [4.69, 9.17) is 4.42 Å². The number of furan rings is 1. The maximum absolute atomic E-state index is 12.0. The smallest absolute Gasteiger partial charge is 0.279 e. The molecule has 5 nitrogen and oxygen atoms in total. The van der Waals surface area contributed by atoms with Crippen molar-refractivity contribution in [3.8, 4) is 0 Å². The van der Waals surface area contributed by atoms with Crippen molar-refractivity contribution in [1.82, 2.24) is 5.32 Å². The fourth-order valence-electron chi connectivity index (χ4n) is 1.88. The largest absolute Gasteiger partial charge is 0.462 e. The van der Waals surface area contributed by atoms with E-state index in [1.165, 1.54) is 0 Å². The van der Waals surface area contributed by atoms with E-state index < -0.39 is 5.91 Å². The molecule has 0 atom stereocenters. The van der Waals surface area contributed by atoms with Crippen LogP contribution in [0.15, 0.2) is 56.8 Å². The maximum atomic E-state index is 12.0. The van der Waals surface area contributed by atoms with Crippen molar-refractivity contribution in [2.75, 3.05) is 0 Å². The van der Waals surface area contributed by atoms with Crippen LogP contribution in [0.5, 0.6) is 0 Å². The molecule has 2 amide bonds. The van der Waals surface area contributed by atoms with Gasteiger partial charge < -0.3 is 9.73 Å². The van der Waals surface area contributed by atoms with Gasteiger partial charge in [-0.15, -0.1) is 0 Å². The molecule has 0 aliphatic carbocycles. The van der Waals surface area contributed by atoms with Crippen LogP contribution in [0.3, 0.4) is 0 Å². The molecule has 0 spiro atoms. The minimum atomic E-state index is -0.390. The first-order chi connectivity index (χ1) is 10.6. The van der Waals surface area contributed by atoms with Gasteiger partial charge in [-0.05, 0) is 43.0 Å². The van der Waals surface area contributed by atoms with Gasteiger partial charge in [0.2, 0.25) is 0 Å². The van der Waals surface area contributed by atoms with Gasteiger partial charge in [-0.2, -0.15) is 4.99 Å². The van der Waals surface area contributed by atoms with Crippen molar-refractivity contribution in [1.29, 1.82) is 0 Å². The molecular weight excluding hydrogens is 300 g/mol. The summed E-state index contributed by atoms with van der Waals surface area (Å²) in [4.78, 5) is 28.2. The molecule has 1 saturated heterocycles. The number of nitrogens with one attached hydrogen (secondary N) is 1. The molecule has 3 rings (SSSR count). The van der Waals surface area contributed by atoms with Gasteiger partial charge in [-0.1, -0.05) is 18.2 Å². The molecule has 2 aromatic rings. The zero-order chi connectivity index (χ0) is 15.5. The molecule has 1 N–H and O–H groups in total. The Balaban J connectivity index is 1.78. The summed E-state index contributed by atoms with van der Waals surface area (Å²) in [5, 5.41) is 2.85. The molecule has 110 valence electrons. The molecule has 0 radical (unpaired) electrons. The Morgan fingerprint density at radius 1 is 1.23 bits per heavy atom. The van der Waals surface area contributed by atoms with Crippen LogP contribution in [-0.4, -0.2) is 17.0 Å². The quantitative estimate of drug-likeness (QED) is 0.865. The lowest BCUT2D eigenvalue weighted by molar-refractivity contribution is -0.115. The summed E-state index contributed by atoms with van der Waals surface area (Å²) >= 11 is 1.12. The Kier molecular flexibility index (Phi) is 3.93. The van der Waals surface area contributed by atoms with Crippen LogP contribution < -0.4 is 5.32 Å². The number of nitrogens with zero attached hydrogens (tertiary/aromatic N) is 1. The molecule has 2 heterocycles. The van der Waals surface area contributed by atoms with E-state index >= 15 is 0 Å². The van der Waals surface area contributed by atoms with Crippen molar-refractivity contribution in [3.05, 3.63) is 64.5 Å². The van der Waals surface area contributed by atoms with Gasteiger partial charge in [0.05, 0.1) is 4.91 Å². The zero-order valence-electron chi connectivity index (χ0n) is 11.7. The Morgan fingerprint density at radius 3 is 2.68 bits per heavy atom. The average Bonchev–Trinajstić information content (AvgIpc) is 3.06. The minimum Gasteiger partial charge on any atom is -0.462 e. The molecule has 0 unspecified atom stereocenters. The van der Waals surface area contributed by atoms with Crippen molar-refractivity contribution >= 4 is 34.8 Å². The second-order valence-electron chi connectivity index (χ2n) is 4.60. The first kappa shape index (κ1) is 14.3. The molecule has 1 aromatic carbocycles. The third-order valence-corrected chi connectivity index (χ3v) is 3.82. The number of amidine groups is 1. The number of rotatable bonds is 2. The monoisotopic (exact) mass is 312 g/mol. The summed E-state index contributed by atoms with van der Waals surface area (Å²) in [5.74, 6) is 0.673. The third-order valence-electron chi connectivity index (χ3n) is 2.91. The molecule has 0 saturated carbocycles. The van der Waals surface area contributed by atoms with E-state index in [9.17, 15) is 9.59 Å². The lowest BCUT2D eigenvalue weighted by Crippen LogP contribution is -2.20. The Hall–Kier alpha value is -2.60. The first-order valence-electron chi connectivity index (χ1n) is 6.57. The van der Waals surface area contributed by atoms with Gasteiger partial charge in [0.25, 0.3) is 11.8 Å². The fraction of sp³-hybridized carbons (Fsp3) is 0.0625. The van der Waals surface area contributed by atoms with Crippen LogP contribution in [0, 0.1) is 6.92 Å². The lowest BCUT2D eigenvalue weighted by Gasteiger charge is -1.95. The van der Waals surface area contributed by atoms with E-state index in [1.807, 2.05) is 19.1 Å². The molecule has 0 bridgehead atoms. The van der Waals surface area contributed by atoms with Gasteiger partial charge in [0.1, 0.15) is 11.5 Å². The van der Waals surface area contributed by atoms with Crippen LogP contribution in [0.1, 0.15) is 21.9 Å². The van der Waals surface area contributed by atoms with Gasteiger partial charge in [-0.3, -0.25) is 9.59 Å². The zero-order valence-corrected chi connectivity index (χ0v) is 12.5. The number of hydrogen-bond donors (Lipinski definition) is 1. The first-order valence-corrected chi connectivity index (χ1v) is 7.39. The normalized spacial score (nSPS) is 18.0. The average molecular weight is 312 g/mol. The minimum absolute atomic E-state index is 0.272. The van der Waals surface area contributed by atoms with Crippen molar-refractivity contribution < 1.29 is 14.0 Å². The Bertz CT molecular complexity index is 791. The summed E-state index contributed by atoms with van der Waals surface area (Å²) in [5.41, 5.74) is 0.476. The molecular formula is C16H12N2O3S. The number of aryl methyl sites for hydroxylation is 1. The second kappa shape index (κ2) is 6.03. The topological polar surface area (TPSA) is 71.7 Å². The number of carbonyl (C=O) groups excluding carboxylic acids is 2. The second-order valence-corrected chi connectivity index (χ2v) is 5.63. The highest BCUT2D eigenvalue weighted by Gasteiger charge is 2.25. The molecule has 1 aliphatic rings. The van der Waals surface area contributed by atoms with Gasteiger partial charge >= 0.3 is 0 Å². The highest BCUT2D eigenvalue weighted by atomic mass is 32.2. The number of aliphatic imine (C=N–C) groups is 1. The molecule has 1 fully saturated rings. The number of carbonyl (C=O) groups is 2. The SMILES string of the molecule is Cc1ccc(/C=C2\SC(=NC(=O)c3ccccc3)NC2=O)o1. The van der Waals surface area contributed by atoms with E-state index in [-0.39, 0.29) is 11.1 Å². The summed E-state index contributed by atoms with van der Waals surface area (Å²) in [6, 6.07) is 12.3. The Labute approximate surface area is 131 Å². The summed E-state index contributed by atoms with van der Waals surface area (Å²) in [6.07, 6.45) is 1.63. The number of benzene rings is 1. The summed E-state index contributed by atoms with van der Waals surface area (Å²) < 4.78 is 5.40. The lowest BCUT2D eigenvalue weighted by atomic mass is 10.2. The predicted molar refractivity (Wildman–Crippen MR) is 85.4 cm³/mol. The highest BCUT2D eigenvalue weighted by molar-refractivity contribution is 8.18. The Morgan fingerprint density at radius 2 is 2.00 bits per heavy atom. The molecule has 6 heteroatoms. The molecule has 1 aromatic heterocycles. The van der Waals surface area contributed by atoms with Crippen molar-refractivity contribution in [2.45, 2.75) is 6.92 Å². The highest BCUT2D eigenvalue weighted by Crippen LogP contribution is 2.26. The number of thioether (sulfide) groups is 1. The van der Waals surface area contributed by atoms with E-state index in [2.05, 4.69) is 10.3 Å². The van der Waals surface area contributed by atoms with Crippen LogP contribution in [0.2, 0.25) is 0 Å². The van der Waals surface area contributed by atoms with Crippen LogP contribution >= 0.6 is 11.8 Å². The van der Waals surface area contributed by atoms with E-state index in [1.54, 1.807) is 36.4 Å². The standard InChI is InChI=1S/C16H12N2O3S/c1-10-7-8-12(21-10)9-13-15(20)18-16(22-13)17-14(19)11-5-3-2-4-6-11/h2-9H,1H3,(H,17,18,19,20)/b13-9-. The van der Waals surface area contributed by atoms with Crippen molar-refractivity contribution in [3.63, 3.8) is 0 Å². The predicted octanol–water partition coefficient (Wildman–Crippen LogP) is 2.99. The fourth-order valence-corrected chi connectivity index (χ4v) is 2.68. The van der Waals surface area contributed by atoms with Gasteiger partial charge in [0, 0.05) is 11.6 Å². The number of amides is 2. The summed E-state index contributed by atoms with van der Waals surface area (Å²) in [6.45, 7) is 1.83. The summed E-state index contributed by atoms with van der Waals surface area (Å²) in [7, 11) is 0. The third kappa shape index (κ3) is 3.17. The molecule has 22 heavy (non-hydrogen) atoms. The van der Waals surface area contributed by atoms with Crippen LogP contribution in [-0.2, 0) is 4.79 Å².